The van der Waals surface area contributed by atoms with Crippen LogP contribution in [0, 0.1) is 0 Å². The predicted octanol–water partition coefficient (Wildman–Crippen LogP) is 4.53. The Labute approximate surface area is 149 Å². The largest absolute Gasteiger partial charge is 0.368 e. The standard InChI is InChI=1S/C19H27ClO4/c1-3-4-5-6-11-18-23-13-17(19(24-18)14(2)21)22-12-15-9-7-8-10-16(15)20/h7-10,17-19H,3-6,11-13H2,1-2H3/t17-,18+,19-/m1/s1. The molecule has 0 amide bonds. The van der Waals surface area contributed by atoms with Gasteiger partial charge in [0.2, 0.25) is 0 Å². The molecule has 5 heteroatoms. The molecule has 134 valence electrons. The molecule has 1 aliphatic heterocycles. The average molecular weight is 355 g/mol. The zero-order valence-electron chi connectivity index (χ0n) is 14.5. The summed E-state index contributed by atoms with van der Waals surface area (Å²) in [6.45, 7) is 4.42. The number of ether oxygens (including phenoxy) is 3. The molecule has 1 aromatic rings. The zero-order valence-corrected chi connectivity index (χ0v) is 15.3. The Bertz CT molecular complexity index is 520. The van der Waals surface area contributed by atoms with Crippen molar-refractivity contribution in [3.05, 3.63) is 34.9 Å². The number of carbonyl (C=O) groups is 1. The molecule has 0 aromatic heterocycles. The molecule has 1 aliphatic rings. The monoisotopic (exact) mass is 354 g/mol. The molecule has 1 saturated heterocycles. The van der Waals surface area contributed by atoms with Gasteiger partial charge in [-0.1, -0.05) is 56.0 Å². The number of hydrogen-bond acceptors (Lipinski definition) is 4. The van der Waals surface area contributed by atoms with Gasteiger partial charge in [0.25, 0.3) is 0 Å². The molecule has 24 heavy (non-hydrogen) atoms. The number of ketones is 1. The van der Waals surface area contributed by atoms with Crippen LogP contribution in [0.4, 0.5) is 0 Å². The van der Waals surface area contributed by atoms with E-state index in [1.165, 1.54) is 19.8 Å². The quantitative estimate of drug-likeness (QED) is 0.611. The summed E-state index contributed by atoms with van der Waals surface area (Å²) in [7, 11) is 0. The van der Waals surface area contributed by atoms with Gasteiger partial charge in [0.1, 0.15) is 12.2 Å². The van der Waals surface area contributed by atoms with Crippen LogP contribution in [-0.4, -0.2) is 30.9 Å². The van der Waals surface area contributed by atoms with Crippen LogP contribution >= 0.6 is 11.6 Å². The summed E-state index contributed by atoms with van der Waals surface area (Å²) in [5, 5.41) is 0.656. The summed E-state index contributed by atoms with van der Waals surface area (Å²) >= 11 is 6.14. The Morgan fingerprint density at radius 1 is 1.29 bits per heavy atom. The van der Waals surface area contributed by atoms with Crippen molar-refractivity contribution in [2.45, 2.75) is 71.1 Å². The minimum Gasteiger partial charge on any atom is -0.368 e. The summed E-state index contributed by atoms with van der Waals surface area (Å²) in [5.41, 5.74) is 0.892. The Kier molecular flexibility index (Phi) is 8.19. The topological polar surface area (TPSA) is 44.8 Å². The normalized spacial score (nSPS) is 24.0. The lowest BCUT2D eigenvalue weighted by Crippen LogP contribution is -2.48. The van der Waals surface area contributed by atoms with Crippen molar-refractivity contribution in [1.29, 1.82) is 0 Å². The summed E-state index contributed by atoms with van der Waals surface area (Å²) in [6, 6.07) is 7.52. The van der Waals surface area contributed by atoms with Crippen molar-refractivity contribution in [3.8, 4) is 0 Å². The van der Waals surface area contributed by atoms with Gasteiger partial charge in [-0.25, -0.2) is 0 Å². The second kappa shape index (κ2) is 10.1. The molecule has 0 radical (unpaired) electrons. The molecule has 1 aromatic carbocycles. The maximum atomic E-state index is 11.9. The van der Waals surface area contributed by atoms with Crippen LogP contribution < -0.4 is 0 Å². The van der Waals surface area contributed by atoms with Gasteiger partial charge in [0.05, 0.1) is 13.2 Å². The highest BCUT2D eigenvalue weighted by molar-refractivity contribution is 6.31. The molecule has 0 N–H and O–H groups in total. The molecule has 0 unspecified atom stereocenters. The van der Waals surface area contributed by atoms with Crippen LogP contribution in [0.1, 0.15) is 51.5 Å². The number of rotatable bonds is 9. The highest BCUT2D eigenvalue weighted by atomic mass is 35.5. The summed E-state index contributed by atoms with van der Waals surface area (Å²) in [4.78, 5) is 11.9. The third kappa shape index (κ3) is 5.85. The van der Waals surface area contributed by atoms with Gasteiger partial charge in [-0.15, -0.1) is 0 Å². The first-order chi connectivity index (χ1) is 11.6. The van der Waals surface area contributed by atoms with Gasteiger partial charge >= 0.3 is 0 Å². The highest BCUT2D eigenvalue weighted by Crippen LogP contribution is 2.23. The summed E-state index contributed by atoms with van der Waals surface area (Å²) in [6.07, 6.45) is 4.16. The minimum atomic E-state index is -0.572. The Morgan fingerprint density at radius 3 is 2.79 bits per heavy atom. The molecule has 1 fully saturated rings. The van der Waals surface area contributed by atoms with Crippen molar-refractivity contribution >= 4 is 17.4 Å². The maximum Gasteiger partial charge on any atom is 0.161 e. The zero-order chi connectivity index (χ0) is 17.4. The molecule has 4 nitrogen and oxygen atoms in total. The number of benzene rings is 1. The van der Waals surface area contributed by atoms with Crippen LogP contribution in [0.25, 0.3) is 0 Å². The molecule has 0 aliphatic carbocycles. The smallest absolute Gasteiger partial charge is 0.161 e. The fourth-order valence-electron chi connectivity index (χ4n) is 2.77. The van der Waals surface area contributed by atoms with Crippen LogP contribution in [0.3, 0.4) is 0 Å². The van der Waals surface area contributed by atoms with E-state index in [0.29, 0.717) is 18.2 Å². The minimum absolute atomic E-state index is 0.0268. The fraction of sp³-hybridized carbons (Fsp3) is 0.632. The molecular weight excluding hydrogens is 328 g/mol. The van der Waals surface area contributed by atoms with E-state index in [1.54, 1.807) is 0 Å². The Morgan fingerprint density at radius 2 is 2.08 bits per heavy atom. The first kappa shape index (κ1) is 19.4. The number of carbonyl (C=O) groups excluding carboxylic acids is 1. The molecule has 1 heterocycles. The maximum absolute atomic E-state index is 11.9. The van der Waals surface area contributed by atoms with Gasteiger partial charge in [-0.2, -0.15) is 0 Å². The fourth-order valence-corrected chi connectivity index (χ4v) is 2.96. The predicted molar refractivity (Wildman–Crippen MR) is 94.1 cm³/mol. The second-order valence-electron chi connectivity index (χ2n) is 6.22. The van der Waals surface area contributed by atoms with Crippen LogP contribution in [-0.2, 0) is 25.6 Å². The first-order valence-electron chi connectivity index (χ1n) is 8.74. The Balaban J connectivity index is 1.85. The van der Waals surface area contributed by atoms with Crippen LogP contribution in [0.15, 0.2) is 24.3 Å². The van der Waals surface area contributed by atoms with Gasteiger partial charge in [0.15, 0.2) is 12.1 Å². The van der Waals surface area contributed by atoms with Crippen molar-refractivity contribution in [1.82, 2.24) is 0 Å². The van der Waals surface area contributed by atoms with Gasteiger partial charge < -0.3 is 14.2 Å². The van der Waals surface area contributed by atoms with Crippen molar-refractivity contribution in [3.63, 3.8) is 0 Å². The lowest BCUT2D eigenvalue weighted by Gasteiger charge is -2.35. The highest BCUT2D eigenvalue weighted by Gasteiger charge is 2.35. The van der Waals surface area contributed by atoms with Gasteiger partial charge in [0, 0.05) is 5.02 Å². The summed E-state index contributed by atoms with van der Waals surface area (Å²) in [5.74, 6) is -0.0268. The number of halogens is 1. The van der Waals surface area contributed by atoms with E-state index in [4.69, 9.17) is 25.8 Å². The van der Waals surface area contributed by atoms with Crippen molar-refractivity contribution in [2.24, 2.45) is 0 Å². The molecule has 0 bridgehead atoms. The molecular formula is C19H27ClO4. The van der Waals surface area contributed by atoms with E-state index in [2.05, 4.69) is 6.92 Å². The average Bonchev–Trinajstić information content (AvgIpc) is 2.58. The SMILES string of the molecule is CCCCCC[C@H]1OC[C@@H](OCc2ccccc2Cl)[C@@H](C(C)=O)O1. The van der Waals surface area contributed by atoms with Gasteiger partial charge in [-0.05, 0) is 31.4 Å². The first-order valence-corrected chi connectivity index (χ1v) is 9.12. The second-order valence-corrected chi connectivity index (χ2v) is 6.63. The summed E-state index contributed by atoms with van der Waals surface area (Å²) < 4.78 is 17.4. The Hall–Kier alpha value is -0.940. The number of hydrogen-bond donors (Lipinski definition) is 0. The van der Waals surface area contributed by atoms with E-state index in [9.17, 15) is 4.79 Å². The van der Waals surface area contributed by atoms with E-state index >= 15 is 0 Å². The lowest BCUT2D eigenvalue weighted by molar-refractivity contribution is -0.258. The van der Waals surface area contributed by atoms with Crippen molar-refractivity contribution in [2.75, 3.05) is 6.61 Å². The van der Waals surface area contributed by atoms with E-state index in [0.717, 1.165) is 24.8 Å². The third-order valence-corrected chi connectivity index (χ3v) is 4.56. The number of Topliss-reactive ketones (excluding diaryl/α,β-unsaturated/α-hetero) is 1. The van der Waals surface area contributed by atoms with Crippen molar-refractivity contribution < 1.29 is 19.0 Å². The third-order valence-electron chi connectivity index (χ3n) is 4.19. The molecule has 0 saturated carbocycles. The van der Waals surface area contributed by atoms with Crippen LogP contribution in [0.5, 0.6) is 0 Å². The molecule has 0 spiro atoms. The van der Waals surface area contributed by atoms with E-state index < -0.39 is 12.2 Å². The van der Waals surface area contributed by atoms with Crippen LogP contribution in [0.2, 0.25) is 5.02 Å². The molecule has 3 atom stereocenters. The number of unbranched alkanes of at least 4 members (excludes halogenated alkanes) is 3. The van der Waals surface area contributed by atoms with Gasteiger partial charge in [-0.3, -0.25) is 4.79 Å². The van der Waals surface area contributed by atoms with E-state index in [1.807, 2.05) is 24.3 Å². The lowest BCUT2D eigenvalue weighted by atomic mass is 10.1. The van der Waals surface area contributed by atoms with E-state index in [-0.39, 0.29) is 12.1 Å². The molecule has 2 rings (SSSR count).